The maximum atomic E-state index is 13.7. The Morgan fingerprint density at radius 3 is 2.41 bits per heavy atom. The second-order valence-electron chi connectivity index (χ2n) is 9.88. The summed E-state index contributed by atoms with van der Waals surface area (Å²) in [7, 11) is 1.52. The minimum absolute atomic E-state index is 0.240. The van der Waals surface area contributed by atoms with Gasteiger partial charge in [0, 0.05) is 42.6 Å². The van der Waals surface area contributed by atoms with Crippen molar-refractivity contribution in [3.8, 4) is 17.2 Å². The Balaban J connectivity index is 1.55. The van der Waals surface area contributed by atoms with Gasteiger partial charge in [-0.25, -0.2) is 4.79 Å². The first-order valence-corrected chi connectivity index (χ1v) is 12.7. The maximum Gasteiger partial charge on any atom is 0.573 e. The van der Waals surface area contributed by atoms with Crippen molar-refractivity contribution in [3.05, 3.63) is 88.6 Å². The number of aromatic nitrogens is 1. The molecule has 11 heteroatoms. The van der Waals surface area contributed by atoms with E-state index in [1.54, 1.807) is 54.8 Å². The van der Waals surface area contributed by atoms with Crippen LogP contribution in [0.2, 0.25) is 0 Å². The summed E-state index contributed by atoms with van der Waals surface area (Å²) in [5.41, 5.74) is 3.38. The van der Waals surface area contributed by atoms with Crippen LogP contribution in [0.1, 0.15) is 46.1 Å². The molecule has 0 amide bonds. The Bertz CT molecular complexity index is 1640. The average Bonchev–Trinajstić information content (AvgIpc) is 3.17. The lowest BCUT2D eigenvalue weighted by molar-refractivity contribution is -0.274. The van der Waals surface area contributed by atoms with Crippen LogP contribution in [0.3, 0.4) is 0 Å². The molecule has 2 heterocycles. The molecule has 3 aromatic carbocycles. The highest BCUT2D eigenvalue weighted by Crippen LogP contribution is 2.37. The van der Waals surface area contributed by atoms with E-state index in [1.165, 1.54) is 25.3 Å². The fourth-order valence-corrected chi connectivity index (χ4v) is 5.14. The third-order valence-electron chi connectivity index (χ3n) is 7.05. The van der Waals surface area contributed by atoms with Crippen LogP contribution in [0.25, 0.3) is 10.9 Å². The number of aryl methyl sites for hydroxylation is 1. The summed E-state index contributed by atoms with van der Waals surface area (Å²) >= 11 is 0. The van der Waals surface area contributed by atoms with Crippen LogP contribution in [0.5, 0.6) is 17.2 Å². The zero-order valence-electron chi connectivity index (χ0n) is 22.4. The van der Waals surface area contributed by atoms with Crippen molar-refractivity contribution < 1.29 is 46.8 Å². The molecule has 41 heavy (non-hydrogen) atoms. The van der Waals surface area contributed by atoms with Crippen LogP contribution in [-0.4, -0.2) is 40.9 Å². The lowest BCUT2D eigenvalue weighted by Gasteiger charge is -2.34. The number of ketones is 1. The highest BCUT2D eigenvalue weighted by molar-refractivity contribution is 6.17. The first kappa shape index (κ1) is 27.9. The van der Waals surface area contributed by atoms with Gasteiger partial charge in [-0.2, -0.15) is 0 Å². The van der Waals surface area contributed by atoms with Crippen molar-refractivity contribution in [2.24, 2.45) is 0 Å². The van der Waals surface area contributed by atoms with Crippen molar-refractivity contribution >= 4 is 22.8 Å². The molecule has 0 fully saturated rings. The SMILES string of the molecule is COc1ccc(C(=O)c2c(C)n(Cc3ccc4c(c3)CCC(C)(OC(=O)O)O4)c3cc(OC(F)(F)F)ccc23)cc1. The largest absolute Gasteiger partial charge is 0.573 e. The monoisotopic (exact) mass is 569 g/mol. The van der Waals surface area contributed by atoms with Gasteiger partial charge in [-0.3, -0.25) is 4.79 Å². The summed E-state index contributed by atoms with van der Waals surface area (Å²) in [6, 6.07) is 15.9. The Hall–Kier alpha value is -4.67. The summed E-state index contributed by atoms with van der Waals surface area (Å²) in [5.74, 6) is -0.923. The quantitative estimate of drug-likeness (QED) is 0.192. The molecule has 0 saturated carbocycles. The van der Waals surface area contributed by atoms with E-state index in [4.69, 9.17) is 19.3 Å². The Morgan fingerprint density at radius 2 is 1.76 bits per heavy atom. The number of carboxylic acid groups (broad SMARTS) is 1. The molecule has 1 N–H and O–H groups in total. The fraction of sp³-hybridized carbons (Fsp3) is 0.267. The number of rotatable bonds is 7. The van der Waals surface area contributed by atoms with Crippen LogP contribution in [-0.2, 0) is 17.7 Å². The second kappa shape index (κ2) is 10.4. The zero-order valence-corrected chi connectivity index (χ0v) is 22.4. The highest BCUT2D eigenvalue weighted by Gasteiger charge is 2.36. The number of carbonyl (C=O) groups is 2. The van der Waals surface area contributed by atoms with E-state index in [2.05, 4.69) is 4.74 Å². The molecule has 5 rings (SSSR count). The summed E-state index contributed by atoms with van der Waals surface area (Å²) < 4.78 is 60.9. The summed E-state index contributed by atoms with van der Waals surface area (Å²) in [6.07, 6.45) is -5.51. The molecular weight excluding hydrogens is 543 g/mol. The zero-order chi connectivity index (χ0) is 29.5. The molecule has 0 aliphatic carbocycles. The molecule has 4 aromatic rings. The predicted molar refractivity (Wildman–Crippen MR) is 142 cm³/mol. The molecule has 0 spiro atoms. The van der Waals surface area contributed by atoms with Crippen LogP contribution in [0.15, 0.2) is 60.7 Å². The third kappa shape index (κ3) is 5.79. The van der Waals surface area contributed by atoms with E-state index in [1.807, 2.05) is 6.07 Å². The van der Waals surface area contributed by atoms with Gasteiger partial charge in [0.15, 0.2) is 5.78 Å². The van der Waals surface area contributed by atoms with E-state index in [9.17, 15) is 22.8 Å². The normalized spacial score (nSPS) is 16.5. The number of carbonyl (C=O) groups excluding carboxylic acids is 1. The van der Waals surface area contributed by atoms with Gasteiger partial charge < -0.3 is 28.6 Å². The molecule has 1 unspecified atom stereocenters. The van der Waals surface area contributed by atoms with Gasteiger partial charge in [-0.15, -0.1) is 13.2 Å². The Kier molecular flexibility index (Phi) is 7.06. The second-order valence-corrected chi connectivity index (χ2v) is 9.88. The number of ether oxygens (including phenoxy) is 4. The number of hydrogen-bond donors (Lipinski definition) is 1. The van der Waals surface area contributed by atoms with Gasteiger partial charge in [-0.05, 0) is 66.9 Å². The first-order valence-electron chi connectivity index (χ1n) is 12.7. The molecule has 1 aliphatic rings. The lowest BCUT2D eigenvalue weighted by Crippen LogP contribution is -2.40. The number of alkyl halides is 3. The van der Waals surface area contributed by atoms with E-state index in [0.717, 1.165) is 11.1 Å². The smallest absolute Gasteiger partial charge is 0.497 e. The molecule has 0 radical (unpaired) electrons. The standard InChI is InChI=1S/C30H26F3NO7/c1-17-26(27(35)19-5-7-21(38-3)8-6-19)23-10-9-22(39-30(31,32)33)15-24(23)34(17)16-18-4-11-25-20(14-18)12-13-29(2,40-25)41-28(36)37/h4-11,14-15H,12-13,16H2,1-3H3,(H,36,37). The van der Waals surface area contributed by atoms with Gasteiger partial charge in [0.1, 0.15) is 17.2 Å². The molecule has 1 aliphatic heterocycles. The van der Waals surface area contributed by atoms with Gasteiger partial charge in [0.05, 0.1) is 18.2 Å². The number of methoxy groups -OCH3 is 1. The van der Waals surface area contributed by atoms with Gasteiger partial charge in [0.25, 0.3) is 5.79 Å². The number of benzene rings is 3. The average molecular weight is 570 g/mol. The highest BCUT2D eigenvalue weighted by atomic mass is 19.4. The van der Waals surface area contributed by atoms with E-state index in [0.29, 0.717) is 52.1 Å². The van der Waals surface area contributed by atoms with Gasteiger partial charge in [0.2, 0.25) is 0 Å². The lowest BCUT2D eigenvalue weighted by atomic mass is 9.98. The molecule has 8 nitrogen and oxygen atoms in total. The molecule has 0 bridgehead atoms. The summed E-state index contributed by atoms with van der Waals surface area (Å²) in [4.78, 5) is 24.7. The number of nitrogens with zero attached hydrogens (tertiary/aromatic N) is 1. The van der Waals surface area contributed by atoms with Crippen molar-refractivity contribution in [2.45, 2.75) is 45.4 Å². The van der Waals surface area contributed by atoms with Crippen LogP contribution in [0.4, 0.5) is 18.0 Å². The molecule has 1 atom stereocenters. The number of fused-ring (bicyclic) bond motifs is 2. The first-order chi connectivity index (χ1) is 19.4. The topological polar surface area (TPSA) is 96.2 Å². The molecule has 1 aromatic heterocycles. The number of halogens is 3. The van der Waals surface area contributed by atoms with Crippen molar-refractivity contribution in [1.82, 2.24) is 4.57 Å². The molecule has 214 valence electrons. The maximum absolute atomic E-state index is 13.7. The van der Waals surface area contributed by atoms with Gasteiger partial charge >= 0.3 is 12.5 Å². The fourth-order valence-electron chi connectivity index (χ4n) is 5.14. The summed E-state index contributed by atoms with van der Waals surface area (Å²) in [6.45, 7) is 3.54. The Morgan fingerprint density at radius 1 is 1.05 bits per heavy atom. The third-order valence-corrected chi connectivity index (χ3v) is 7.05. The molecular formula is C30H26F3NO7. The summed E-state index contributed by atoms with van der Waals surface area (Å²) in [5, 5.41) is 9.50. The minimum atomic E-state index is -4.88. The van der Waals surface area contributed by atoms with Crippen LogP contribution in [0, 0.1) is 6.92 Å². The van der Waals surface area contributed by atoms with Crippen LogP contribution >= 0.6 is 0 Å². The van der Waals surface area contributed by atoms with E-state index < -0.39 is 24.1 Å². The Labute approximate surface area is 232 Å². The van der Waals surface area contributed by atoms with E-state index >= 15 is 0 Å². The van der Waals surface area contributed by atoms with Gasteiger partial charge in [-0.1, -0.05) is 12.1 Å². The van der Waals surface area contributed by atoms with E-state index in [-0.39, 0.29) is 12.3 Å². The minimum Gasteiger partial charge on any atom is -0.497 e. The van der Waals surface area contributed by atoms with Crippen molar-refractivity contribution in [1.29, 1.82) is 0 Å². The molecule has 0 saturated heterocycles. The number of hydrogen-bond acceptors (Lipinski definition) is 6. The van der Waals surface area contributed by atoms with Crippen molar-refractivity contribution in [3.63, 3.8) is 0 Å². The predicted octanol–water partition coefficient (Wildman–Crippen LogP) is 6.87. The van der Waals surface area contributed by atoms with Crippen molar-refractivity contribution in [2.75, 3.05) is 7.11 Å². The van der Waals surface area contributed by atoms with Crippen LogP contribution < -0.4 is 14.2 Å².